The van der Waals surface area contributed by atoms with Gasteiger partial charge in [-0.2, -0.15) is 0 Å². The number of hydrogen-bond donors (Lipinski definition) is 1. The zero-order chi connectivity index (χ0) is 12.3. The number of methoxy groups -OCH3 is 2. The molecule has 0 amide bonds. The van der Waals surface area contributed by atoms with Crippen LogP contribution in [0.3, 0.4) is 0 Å². The zero-order valence-corrected chi connectivity index (χ0v) is 10.1. The monoisotopic (exact) mass is 232 g/mol. The fraction of sp³-hybridized carbons (Fsp3) is 0.308. The van der Waals surface area contributed by atoms with E-state index in [0.29, 0.717) is 6.54 Å². The second-order valence-corrected chi connectivity index (χ2v) is 3.73. The number of ether oxygens (including phenoxy) is 2. The van der Waals surface area contributed by atoms with Crippen molar-refractivity contribution in [1.82, 2.24) is 4.98 Å². The van der Waals surface area contributed by atoms with Gasteiger partial charge >= 0.3 is 0 Å². The first-order valence-corrected chi connectivity index (χ1v) is 5.49. The molecule has 4 heteroatoms. The molecule has 0 spiro atoms. The lowest BCUT2D eigenvalue weighted by Gasteiger charge is -2.15. The molecule has 17 heavy (non-hydrogen) atoms. The van der Waals surface area contributed by atoms with E-state index in [0.717, 1.165) is 34.3 Å². The van der Waals surface area contributed by atoms with Crippen LogP contribution >= 0.6 is 0 Å². The number of nitrogens with two attached hydrogens (primary N) is 1. The zero-order valence-electron chi connectivity index (χ0n) is 10.1. The third kappa shape index (κ3) is 2.03. The Balaban J connectivity index is 2.75. The average molecular weight is 232 g/mol. The average Bonchev–Trinajstić information content (AvgIpc) is 2.38. The molecule has 0 saturated carbocycles. The van der Waals surface area contributed by atoms with E-state index < -0.39 is 0 Å². The maximum atomic E-state index is 5.65. The fourth-order valence-corrected chi connectivity index (χ4v) is 2.04. The van der Waals surface area contributed by atoms with Crippen LogP contribution in [0.25, 0.3) is 10.8 Å². The minimum atomic E-state index is 0.570. The number of aromatic nitrogens is 1. The summed E-state index contributed by atoms with van der Waals surface area (Å²) in [6.45, 7) is 0.570. The van der Waals surface area contributed by atoms with Gasteiger partial charge in [-0.3, -0.25) is 4.98 Å². The highest BCUT2D eigenvalue weighted by atomic mass is 16.5. The standard InChI is InChI=1S/C13H16N2O2/c1-16-12-7-9-8-15-6-4-10(9)11(3-5-14)13(12)17-2/h4,6-8H,3,5,14H2,1-2H3. The van der Waals surface area contributed by atoms with Gasteiger partial charge in [0.1, 0.15) is 0 Å². The van der Waals surface area contributed by atoms with E-state index in [2.05, 4.69) is 4.98 Å². The van der Waals surface area contributed by atoms with Gasteiger partial charge in [0, 0.05) is 23.3 Å². The summed E-state index contributed by atoms with van der Waals surface area (Å²) in [7, 11) is 3.27. The van der Waals surface area contributed by atoms with Gasteiger partial charge in [0.25, 0.3) is 0 Å². The first-order chi connectivity index (χ1) is 8.31. The van der Waals surface area contributed by atoms with Crippen LogP contribution in [0.1, 0.15) is 5.56 Å². The molecule has 1 aromatic heterocycles. The Bertz CT molecular complexity index is 526. The minimum absolute atomic E-state index is 0.570. The Hall–Kier alpha value is -1.81. The lowest BCUT2D eigenvalue weighted by Crippen LogP contribution is -2.06. The van der Waals surface area contributed by atoms with E-state index in [9.17, 15) is 0 Å². The van der Waals surface area contributed by atoms with Crippen LogP contribution in [0.2, 0.25) is 0 Å². The highest BCUT2D eigenvalue weighted by Crippen LogP contribution is 2.37. The Kier molecular flexibility index (Phi) is 3.44. The summed E-state index contributed by atoms with van der Waals surface area (Å²) in [6.07, 6.45) is 4.34. The lowest BCUT2D eigenvalue weighted by molar-refractivity contribution is 0.353. The van der Waals surface area contributed by atoms with Crippen molar-refractivity contribution in [2.75, 3.05) is 20.8 Å². The molecule has 0 bridgehead atoms. The third-order valence-corrected chi connectivity index (χ3v) is 2.78. The number of hydrogen-bond acceptors (Lipinski definition) is 4. The number of fused-ring (bicyclic) bond motifs is 1. The summed E-state index contributed by atoms with van der Waals surface area (Å²) in [4.78, 5) is 4.12. The maximum Gasteiger partial charge on any atom is 0.164 e. The molecule has 0 radical (unpaired) electrons. The van der Waals surface area contributed by atoms with Crippen LogP contribution in [-0.2, 0) is 6.42 Å². The molecule has 0 unspecified atom stereocenters. The molecule has 2 rings (SSSR count). The number of nitrogens with zero attached hydrogens (tertiary/aromatic N) is 1. The summed E-state index contributed by atoms with van der Waals surface area (Å²) in [6, 6.07) is 3.91. The molecule has 1 aromatic carbocycles. The highest BCUT2D eigenvalue weighted by Gasteiger charge is 2.14. The SMILES string of the molecule is COc1cc2cnccc2c(CCN)c1OC. The molecule has 2 aromatic rings. The number of benzene rings is 1. The van der Waals surface area contributed by atoms with Gasteiger partial charge < -0.3 is 15.2 Å². The van der Waals surface area contributed by atoms with E-state index >= 15 is 0 Å². The number of pyridine rings is 1. The molecule has 0 fully saturated rings. The van der Waals surface area contributed by atoms with Crippen LogP contribution in [0.4, 0.5) is 0 Å². The van der Waals surface area contributed by atoms with Gasteiger partial charge in [-0.1, -0.05) is 0 Å². The van der Waals surface area contributed by atoms with E-state index in [1.165, 1.54) is 0 Å². The van der Waals surface area contributed by atoms with Crippen LogP contribution in [0.5, 0.6) is 11.5 Å². The Labute approximate surface area is 100 Å². The summed E-state index contributed by atoms with van der Waals surface area (Å²) in [5, 5.41) is 2.15. The van der Waals surface area contributed by atoms with Crippen molar-refractivity contribution in [2.24, 2.45) is 5.73 Å². The predicted octanol–water partition coefficient (Wildman–Crippen LogP) is 1.75. The van der Waals surface area contributed by atoms with Crippen molar-refractivity contribution in [1.29, 1.82) is 0 Å². The van der Waals surface area contributed by atoms with Crippen LogP contribution in [-0.4, -0.2) is 25.7 Å². The summed E-state index contributed by atoms with van der Waals surface area (Å²) in [5.74, 6) is 1.48. The predicted molar refractivity (Wildman–Crippen MR) is 67.6 cm³/mol. The van der Waals surface area contributed by atoms with E-state index in [1.807, 2.05) is 18.3 Å². The van der Waals surface area contributed by atoms with Gasteiger partial charge in [0.05, 0.1) is 14.2 Å². The van der Waals surface area contributed by atoms with Crippen molar-refractivity contribution < 1.29 is 9.47 Å². The molecule has 90 valence electrons. The Morgan fingerprint density at radius 2 is 2.12 bits per heavy atom. The molecular formula is C13H16N2O2. The quantitative estimate of drug-likeness (QED) is 0.872. The molecule has 1 heterocycles. The normalized spacial score (nSPS) is 10.5. The second-order valence-electron chi connectivity index (χ2n) is 3.73. The summed E-state index contributed by atoms with van der Waals surface area (Å²) < 4.78 is 10.8. The molecule has 0 aliphatic heterocycles. The molecule has 0 aliphatic carbocycles. The number of rotatable bonds is 4. The van der Waals surface area contributed by atoms with Gasteiger partial charge in [-0.25, -0.2) is 0 Å². The molecule has 0 aliphatic rings. The van der Waals surface area contributed by atoms with Crippen molar-refractivity contribution >= 4 is 10.8 Å². The summed E-state index contributed by atoms with van der Waals surface area (Å²) >= 11 is 0. The van der Waals surface area contributed by atoms with Crippen LogP contribution in [0, 0.1) is 0 Å². The Morgan fingerprint density at radius 1 is 1.29 bits per heavy atom. The summed E-state index contributed by atoms with van der Waals surface area (Å²) in [5.41, 5.74) is 6.73. The minimum Gasteiger partial charge on any atom is -0.493 e. The molecule has 4 nitrogen and oxygen atoms in total. The van der Waals surface area contributed by atoms with E-state index in [1.54, 1.807) is 20.4 Å². The topological polar surface area (TPSA) is 57.4 Å². The maximum absolute atomic E-state index is 5.65. The largest absolute Gasteiger partial charge is 0.493 e. The second kappa shape index (κ2) is 5.01. The first-order valence-electron chi connectivity index (χ1n) is 5.49. The smallest absolute Gasteiger partial charge is 0.164 e. The van der Waals surface area contributed by atoms with Gasteiger partial charge in [-0.15, -0.1) is 0 Å². The van der Waals surface area contributed by atoms with Gasteiger partial charge in [0.15, 0.2) is 11.5 Å². The molecule has 2 N–H and O–H groups in total. The lowest BCUT2D eigenvalue weighted by atomic mass is 10.0. The van der Waals surface area contributed by atoms with E-state index in [4.69, 9.17) is 15.2 Å². The van der Waals surface area contributed by atoms with Gasteiger partial charge in [-0.05, 0) is 30.5 Å². The third-order valence-electron chi connectivity index (χ3n) is 2.78. The van der Waals surface area contributed by atoms with E-state index in [-0.39, 0.29) is 0 Å². The Morgan fingerprint density at radius 3 is 2.76 bits per heavy atom. The van der Waals surface area contributed by atoms with Crippen molar-refractivity contribution in [3.63, 3.8) is 0 Å². The van der Waals surface area contributed by atoms with Crippen molar-refractivity contribution in [3.05, 3.63) is 30.1 Å². The van der Waals surface area contributed by atoms with Gasteiger partial charge in [0.2, 0.25) is 0 Å². The molecule has 0 atom stereocenters. The fourth-order valence-electron chi connectivity index (χ4n) is 2.04. The first kappa shape index (κ1) is 11.7. The van der Waals surface area contributed by atoms with Crippen LogP contribution < -0.4 is 15.2 Å². The molecule has 0 saturated heterocycles. The van der Waals surface area contributed by atoms with Crippen molar-refractivity contribution in [2.45, 2.75) is 6.42 Å². The van der Waals surface area contributed by atoms with Crippen molar-refractivity contribution in [3.8, 4) is 11.5 Å². The highest BCUT2D eigenvalue weighted by molar-refractivity contribution is 5.89. The van der Waals surface area contributed by atoms with Crippen LogP contribution in [0.15, 0.2) is 24.5 Å². The molecular weight excluding hydrogens is 216 g/mol.